The lowest BCUT2D eigenvalue weighted by Crippen LogP contribution is -2.18. The van der Waals surface area contributed by atoms with Crippen molar-refractivity contribution in [2.45, 2.75) is 51.9 Å². The van der Waals surface area contributed by atoms with E-state index < -0.39 is 0 Å². The predicted molar refractivity (Wildman–Crippen MR) is 77.4 cm³/mol. The fraction of sp³-hybridized carbons (Fsp3) is 0.571. The number of nitrogens with zero attached hydrogens (tertiary/aromatic N) is 3. The zero-order valence-electron chi connectivity index (χ0n) is 11.6. The van der Waals surface area contributed by atoms with Gasteiger partial charge in [-0.05, 0) is 32.3 Å². The van der Waals surface area contributed by atoms with E-state index in [4.69, 9.17) is 11.6 Å². The molecule has 0 aromatic carbocycles. The summed E-state index contributed by atoms with van der Waals surface area (Å²) in [4.78, 5) is 9.04. The van der Waals surface area contributed by atoms with Crippen LogP contribution in [0.2, 0.25) is 0 Å². The molecule has 0 aliphatic heterocycles. The minimum atomic E-state index is 0.463. The number of aromatic nitrogens is 3. The molecule has 2 heterocycles. The van der Waals surface area contributed by atoms with Crippen LogP contribution in [0.25, 0.3) is 11.0 Å². The number of hydrogen-bond donors (Lipinski definition) is 2. The summed E-state index contributed by atoms with van der Waals surface area (Å²) in [5.41, 5.74) is 9.68. The Morgan fingerprint density at radius 3 is 2.47 bits per heavy atom. The van der Waals surface area contributed by atoms with Crippen molar-refractivity contribution < 1.29 is 0 Å². The number of nitrogen functional groups attached to an aromatic ring is 2. The van der Waals surface area contributed by atoms with Crippen molar-refractivity contribution in [1.29, 1.82) is 0 Å². The molecule has 0 spiro atoms. The molecule has 0 unspecified atom stereocenters. The molecular formula is C14H21N5. The molecule has 4 N–H and O–H groups in total. The maximum absolute atomic E-state index is 6.28. The number of anilines is 1. The van der Waals surface area contributed by atoms with E-state index in [9.17, 15) is 0 Å². The molecular weight excluding hydrogens is 238 g/mol. The normalized spacial score (nSPS) is 17.2. The molecule has 102 valence electrons. The molecule has 0 saturated heterocycles. The van der Waals surface area contributed by atoms with Gasteiger partial charge in [-0.2, -0.15) is 0 Å². The molecule has 19 heavy (non-hydrogen) atoms. The number of imidazole rings is 1. The van der Waals surface area contributed by atoms with Crippen molar-refractivity contribution in [3.8, 4) is 0 Å². The van der Waals surface area contributed by atoms with Gasteiger partial charge in [-0.15, -0.1) is 0 Å². The van der Waals surface area contributed by atoms with E-state index in [0.717, 1.165) is 28.1 Å². The Labute approximate surface area is 113 Å². The van der Waals surface area contributed by atoms with Crippen molar-refractivity contribution >= 4 is 16.9 Å². The summed E-state index contributed by atoms with van der Waals surface area (Å²) in [5, 5.41) is 0. The summed E-state index contributed by atoms with van der Waals surface area (Å²) in [6.45, 7) is 3.98. The van der Waals surface area contributed by atoms with Crippen LogP contribution in [0.1, 0.15) is 55.1 Å². The number of aryl methyl sites for hydroxylation is 2. The molecule has 0 atom stereocenters. The van der Waals surface area contributed by atoms with Crippen molar-refractivity contribution in [3.63, 3.8) is 0 Å². The Hall–Kier alpha value is -1.78. The third-order valence-corrected chi connectivity index (χ3v) is 4.34. The maximum atomic E-state index is 6.28. The minimum Gasteiger partial charge on any atom is -0.382 e. The van der Waals surface area contributed by atoms with Gasteiger partial charge in [0.1, 0.15) is 11.3 Å². The first-order chi connectivity index (χ1) is 9.09. The SMILES string of the molecule is Cc1nc(N)c2nc(C3CCCCC3)n(N)c2c1C. The highest BCUT2D eigenvalue weighted by atomic mass is 15.3. The molecule has 1 aliphatic rings. The van der Waals surface area contributed by atoms with E-state index in [1.165, 1.54) is 32.1 Å². The van der Waals surface area contributed by atoms with E-state index in [-0.39, 0.29) is 0 Å². The van der Waals surface area contributed by atoms with Crippen LogP contribution in [0.5, 0.6) is 0 Å². The second kappa shape index (κ2) is 4.40. The smallest absolute Gasteiger partial charge is 0.151 e. The Morgan fingerprint density at radius 1 is 1.11 bits per heavy atom. The largest absolute Gasteiger partial charge is 0.382 e. The number of pyridine rings is 1. The van der Waals surface area contributed by atoms with Crippen LogP contribution in [0.3, 0.4) is 0 Å². The molecule has 5 nitrogen and oxygen atoms in total. The monoisotopic (exact) mass is 259 g/mol. The summed E-state index contributed by atoms with van der Waals surface area (Å²) < 4.78 is 1.74. The Kier molecular flexibility index (Phi) is 2.84. The highest BCUT2D eigenvalue weighted by Gasteiger charge is 2.23. The van der Waals surface area contributed by atoms with E-state index >= 15 is 0 Å². The van der Waals surface area contributed by atoms with Crippen molar-refractivity contribution in [2.24, 2.45) is 0 Å². The Morgan fingerprint density at radius 2 is 1.79 bits per heavy atom. The summed E-state index contributed by atoms with van der Waals surface area (Å²) in [6.07, 6.45) is 6.19. The molecule has 1 aliphatic carbocycles. The van der Waals surface area contributed by atoms with Gasteiger partial charge in [0.2, 0.25) is 0 Å². The summed E-state index contributed by atoms with van der Waals surface area (Å²) in [5.74, 6) is 8.20. The second-order valence-corrected chi connectivity index (χ2v) is 5.58. The summed E-state index contributed by atoms with van der Waals surface area (Å²) >= 11 is 0. The minimum absolute atomic E-state index is 0.463. The molecule has 2 aromatic heterocycles. The quantitative estimate of drug-likeness (QED) is 0.770. The maximum Gasteiger partial charge on any atom is 0.151 e. The zero-order chi connectivity index (χ0) is 13.6. The van der Waals surface area contributed by atoms with Gasteiger partial charge in [0.15, 0.2) is 5.82 Å². The molecule has 1 fully saturated rings. The lowest BCUT2D eigenvalue weighted by Gasteiger charge is -2.20. The van der Waals surface area contributed by atoms with Crippen LogP contribution < -0.4 is 11.6 Å². The first kappa shape index (κ1) is 12.3. The van der Waals surface area contributed by atoms with Gasteiger partial charge in [-0.3, -0.25) is 0 Å². The standard InChI is InChI=1S/C14H21N5/c1-8-9(2)17-13(15)11-12(8)19(16)14(18-11)10-6-4-3-5-7-10/h10H,3-7,16H2,1-2H3,(H2,15,17). The van der Waals surface area contributed by atoms with Crippen LogP contribution in [-0.4, -0.2) is 14.6 Å². The van der Waals surface area contributed by atoms with Crippen molar-refractivity contribution in [3.05, 3.63) is 17.1 Å². The van der Waals surface area contributed by atoms with Gasteiger partial charge in [0, 0.05) is 11.6 Å². The number of rotatable bonds is 1. The number of nitrogens with two attached hydrogens (primary N) is 2. The van der Waals surface area contributed by atoms with Crippen molar-refractivity contribution in [1.82, 2.24) is 14.6 Å². The second-order valence-electron chi connectivity index (χ2n) is 5.58. The fourth-order valence-electron chi connectivity index (χ4n) is 3.12. The fourth-order valence-corrected chi connectivity index (χ4v) is 3.12. The van der Waals surface area contributed by atoms with Crippen LogP contribution in [0.4, 0.5) is 5.82 Å². The zero-order valence-corrected chi connectivity index (χ0v) is 11.6. The Bertz CT molecular complexity index is 623. The van der Waals surface area contributed by atoms with Gasteiger partial charge in [-0.25, -0.2) is 14.6 Å². The third-order valence-electron chi connectivity index (χ3n) is 4.34. The van der Waals surface area contributed by atoms with Gasteiger partial charge >= 0.3 is 0 Å². The molecule has 5 heteroatoms. The van der Waals surface area contributed by atoms with E-state index in [1.54, 1.807) is 4.68 Å². The lowest BCUT2D eigenvalue weighted by atomic mass is 9.89. The highest BCUT2D eigenvalue weighted by molar-refractivity contribution is 5.88. The van der Waals surface area contributed by atoms with Crippen molar-refractivity contribution in [2.75, 3.05) is 11.6 Å². The van der Waals surface area contributed by atoms with Gasteiger partial charge < -0.3 is 11.6 Å². The Balaban J connectivity index is 2.19. The van der Waals surface area contributed by atoms with Gasteiger partial charge in [0.05, 0.1) is 5.52 Å². The average Bonchev–Trinajstić information content (AvgIpc) is 2.76. The van der Waals surface area contributed by atoms with E-state index in [1.807, 2.05) is 13.8 Å². The third kappa shape index (κ3) is 1.84. The lowest BCUT2D eigenvalue weighted by molar-refractivity contribution is 0.425. The van der Waals surface area contributed by atoms with Gasteiger partial charge in [0.25, 0.3) is 0 Å². The summed E-state index contributed by atoms with van der Waals surface area (Å²) in [6, 6.07) is 0. The molecule has 0 bridgehead atoms. The van der Waals surface area contributed by atoms with Crippen LogP contribution >= 0.6 is 0 Å². The van der Waals surface area contributed by atoms with Gasteiger partial charge in [-0.1, -0.05) is 19.3 Å². The topological polar surface area (TPSA) is 82.8 Å². The van der Waals surface area contributed by atoms with E-state index in [2.05, 4.69) is 9.97 Å². The van der Waals surface area contributed by atoms with Crippen LogP contribution in [0.15, 0.2) is 0 Å². The molecule has 3 rings (SSSR count). The molecule has 0 amide bonds. The first-order valence-electron chi connectivity index (χ1n) is 6.99. The molecule has 1 saturated carbocycles. The first-order valence-corrected chi connectivity index (χ1v) is 6.99. The van der Waals surface area contributed by atoms with Crippen LogP contribution in [0, 0.1) is 13.8 Å². The molecule has 2 aromatic rings. The van der Waals surface area contributed by atoms with E-state index in [0.29, 0.717) is 11.7 Å². The highest BCUT2D eigenvalue weighted by Crippen LogP contribution is 2.34. The van der Waals surface area contributed by atoms with Crippen LogP contribution in [-0.2, 0) is 0 Å². The summed E-state index contributed by atoms with van der Waals surface area (Å²) in [7, 11) is 0. The molecule has 0 radical (unpaired) electrons. The number of fused-ring (bicyclic) bond motifs is 1. The average molecular weight is 259 g/mol. The predicted octanol–water partition coefficient (Wildman–Crippen LogP) is 2.39. The number of hydrogen-bond acceptors (Lipinski definition) is 4.